The van der Waals surface area contributed by atoms with Gasteiger partial charge in [-0.25, -0.2) is 4.98 Å². The van der Waals surface area contributed by atoms with Crippen LogP contribution >= 0.6 is 22.9 Å². The van der Waals surface area contributed by atoms with Gasteiger partial charge in [0, 0.05) is 5.02 Å². The van der Waals surface area contributed by atoms with E-state index < -0.39 is 17.6 Å². The number of nitrogens with one attached hydrogen (secondary N) is 1. The van der Waals surface area contributed by atoms with Gasteiger partial charge in [-0.1, -0.05) is 22.9 Å². The number of aromatic hydroxyl groups is 1. The zero-order valence-corrected chi connectivity index (χ0v) is 17.8. The quantitative estimate of drug-likeness (QED) is 0.518. The van der Waals surface area contributed by atoms with Crippen LogP contribution in [0.15, 0.2) is 30.3 Å². The van der Waals surface area contributed by atoms with Crippen molar-refractivity contribution in [3.63, 3.8) is 0 Å². The summed E-state index contributed by atoms with van der Waals surface area (Å²) in [6.45, 7) is 0.805. The second-order valence-electron chi connectivity index (χ2n) is 7.02. The van der Waals surface area contributed by atoms with Crippen LogP contribution in [0.2, 0.25) is 5.02 Å². The first-order chi connectivity index (χ1) is 14.0. The smallest absolute Gasteiger partial charge is 0.416 e. The van der Waals surface area contributed by atoms with Gasteiger partial charge in [-0.2, -0.15) is 13.2 Å². The molecular weight excluding hydrogens is 439 g/mol. The molecule has 3 aromatic rings. The molecule has 0 aliphatic heterocycles. The number of aromatic nitrogens is 1. The van der Waals surface area contributed by atoms with Gasteiger partial charge in [-0.3, -0.25) is 10.1 Å². The zero-order chi connectivity index (χ0) is 22.1. The molecule has 2 N–H and O–H groups in total. The summed E-state index contributed by atoms with van der Waals surface area (Å²) in [5.74, 6) is -0.810. The highest BCUT2D eigenvalue weighted by atomic mass is 35.5. The summed E-state index contributed by atoms with van der Waals surface area (Å²) in [6, 6.07) is 6.14. The molecule has 5 nitrogen and oxygen atoms in total. The van der Waals surface area contributed by atoms with Crippen LogP contribution < -0.4 is 5.32 Å². The van der Waals surface area contributed by atoms with Gasteiger partial charge in [0.05, 0.1) is 21.3 Å². The fraction of sp³-hybridized carbons (Fsp3) is 0.300. The molecule has 0 aliphatic carbocycles. The highest BCUT2D eigenvalue weighted by Gasteiger charge is 2.30. The van der Waals surface area contributed by atoms with E-state index in [1.165, 1.54) is 12.1 Å². The number of alkyl halides is 3. The molecule has 0 atom stereocenters. The Bertz CT molecular complexity index is 1080. The number of benzene rings is 2. The molecule has 1 aromatic heterocycles. The van der Waals surface area contributed by atoms with Crippen LogP contribution in [0.1, 0.15) is 27.9 Å². The molecular formula is C20H19ClF3N3O2S. The number of amides is 1. The maximum atomic E-state index is 12.9. The van der Waals surface area contributed by atoms with E-state index in [-0.39, 0.29) is 16.4 Å². The minimum atomic E-state index is -4.46. The standard InChI is InChI=1S/C20H19ClF3N3O2S/c1-27(2)7-3-4-11-8-13(21)10-14(17(11)28)18(29)26-19-25-15-6-5-12(20(22,23)24)9-16(15)30-19/h5-6,8-10,28H,3-4,7H2,1-2H3,(H,25,26,29). The van der Waals surface area contributed by atoms with Gasteiger partial charge >= 0.3 is 6.18 Å². The maximum absolute atomic E-state index is 12.9. The first kappa shape index (κ1) is 22.3. The van der Waals surface area contributed by atoms with Crippen molar-refractivity contribution in [1.82, 2.24) is 9.88 Å². The Morgan fingerprint density at radius 1 is 1.27 bits per heavy atom. The topological polar surface area (TPSA) is 65.5 Å². The number of phenols is 1. The van der Waals surface area contributed by atoms with Gasteiger partial charge in [-0.05, 0) is 69.4 Å². The molecule has 1 amide bonds. The number of phenolic OH excluding ortho intramolecular Hbond substituents is 1. The SMILES string of the molecule is CN(C)CCCc1cc(Cl)cc(C(=O)Nc2nc3ccc(C(F)(F)F)cc3s2)c1O. The van der Waals surface area contributed by atoms with Crippen LogP contribution in [-0.4, -0.2) is 41.5 Å². The number of rotatable bonds is 6. The van der Waals surface area contributed by atoms with Crippen LogP contribution in [0.3, 0.4) is 0 Å². The van der Waals surface area contributed by atoms with E-state index in [0.717, 1.165) is 36.4 Å². The van der Waals surface area contributed by atoms with Crippen LogP contribution in [0.5, 0.6) is 5.75 Å². The van der Waals surface area contributed by atoms with Crippen molar-refractivity contribution in [2.24, 2.45) is 0 Å². The summed E-state index contributed by atoms with van der Waals surface area (Å²) in [4.78, 5) is 18.8. The number of thiazole rings is 1. The number of carbonyl (C=O) groups is 1. The number of carbonyl (C=O) groups excluding carboxylic acids is 1. The monoisotopic (exact) mass is 457 g/mol. The second kappa shape index (κ2) is 8.79. The van der Waals surface area contributed by atoms with Gasteiger partial charge in [0.25, 0.3) is 5.91 Å². The van der Waals surface area contributed by atoms with E-state index in [1.54, 1.807) is 6.07 Å². The summed E-state index contributed by atoms with van der Waals surface area (Å²) in [5, 5.41) is 13.5. The number of fused-ring (bicyclic) bond motifs is 1. The van der Waals surface area contributed by atoms with Gasteiger partial charge in [0.2, 0.25) is 0 Å². The zero-order valence-electron chi connectivity index (χ0n) is 16.2. The predicted molar refractivity (Wildman–Crippen MR) is 113 cm³/mol. The van der Waals surface area contributed by atoms with Crippen molar-refractivity contribution in [2.75, 3.05) is 26.0 Å². The molecule has 10 heteroatoms. The molecule has 0 saturated carbocycles. The first-order valence-corrected chi connectivity index (χ1v) is 10.2. The fourth-order valence-electron chi connectivity index (χ4n) is 2.92. The summed E-state index contributed by atoms with van der Waals surface area (Å²) in [6.07, 6.45) is -3.16. The summed E-state index contributed by atoms with van der Waals surface area (Å²) < 4.78 is 38.9. The van der Waals surface area contributed by atoms with E-state index in [9.17, 15) is 23.1 Å². The van der Waals surface area contributed by atoms with Crippen molar-refractivity contribution in [2.45, 2.75) is 19.0 Å². The van der Waals surface area contributed by atoms with Crippen LogP contribution in [0.25, 0.3) is 10.2 Å². The second-order valence-corrected chi connectivity index (χ2v) is 8.49. The molecule has 1 heterocycles. The molecule has 0 spiro atoms. The third kappa shape index (κ3) is 5.21. The number of aryl methyl sites for hydroxylation is 1. The van der Waals surface area contributed by atoms with Crippen molar-refractivity contribution < 1.29 is 23.1 Å². The predicted octanol–water partition coefficient (Wildman–Crippen LogP) is 5.42. The van der Waals surface area contributed by atoms with E-state index in [0.29, 0.717) is 27.2 Å². The molecule has 0 fully saturated rings. The average Bonchev–Trinajstić information content (AvgIpc) is 3.04. The van der Waals surface area contributed by atoms with Gasteiger partial charge in [-0.15, -0.1) is 0 Å². The molecule has 3 rings (SSSR count). The van der Waals surface area contributed by atoms with Crippen molar-refractivity contribution in [3.8, 4) is 5.75 Å². The minimum absolute atomic E-state index is 0.0161. The molecule has 0 bridgehead atoms. The number of anilines is 1. The van der Waals surface area contributed by atoms with Gasteiger partial charge in [0.1, 0.15) is 5.75 Å². The lowest BCUT2D eigenvalue weighted by atomic mass is 10.0. The van der Waals surface area contributed by atoms with Crippen molar-refractivity contribution in [1.29, 1.82) is 0 Å². The third-order valence-electron chi connectivity index (χ3n) is 4.39. The summed E-state index contributed by atoms with van der Waals surface area (Å²) in [5.41, 5.74) is 0.0839. The minimum Gasteiger partial charge on any atom is -0.507 e. The highest BCUT2D eigenvalue weighted by Crippen LogP contribution is 2.35. The molecule has 2 aromatic carbocycles. The number of hydrogen-bond acceptors (Lipinski definition) is 5. The van der Waals surface area contributed by atoms with Gasteiger partial charge < -0.3 is 10.0 Å². The first-order valence-electron chi connectivity index (χ1n) is 9.00. The molecule has 0 saturated heterocycles. The van der Waals surface area contributed by atoms with Crippen LogP contribution in [0.4, 0.5) is 18.3 Å². The Morgan fingerprint density at radius 2 is 2.00 bits per heavy atom. The normalized spacial score (nSPS) is 12.0. The summed E-state index contributed by atoms with van der Waals surface area (Å²) >= 11 is 7.03. The molecule has 0 unspecified atom stereocenters. The Morgan fingerprint density at radius 3 is 2.67 bits per heavy atom. The van der Waals surface area contributed by atoms with E-state index in [2.05, 4.69) is 10.3 Å². The molecule has 160 valence electrons. The number of nitrogens with zero attached hydrogens (tertiary/aromatic N) is 2. The lowest BCUT2D eigenvalue weighted by Crippen LogP contribution is -2.14. The molecule has 30 heavy (non-hydrogen) atoms. The third-order valence-corrected chi connectivity index (χ3v) is 5.54. The molecule has 0 radical (unpaired) electrons. The number of hydrogen-bond donors (Lipinski definition) is 2. The average molecular weight is 458 g/mol. The Kier molecular flexibility index (Phi) is 6.54. The van der Waals surface area contributed by atoms with E-state index in [4.69, 9.17) is 11.6 Å². The van der Waals surface area contributed by atoms with Crippen LogP contribution in [-0.2, 0) is 12.6 Å². The largest absolute Gasteiger partial charge is 0.507 e. The van der Waals surface area contributed by atoms with E-state index in [1.807, 2.05) is 19.0 Å². The summed E-state index contributed by atoms with van der Waals surface area (Å²) in [7, 11) is 3.87. The Hall–Kier alpha value is -2.36. The van der Waals surface area contributed by atoms with Crippen molar-refractivity contribution in [3.05, 3.63) is 52.0 Å². The van der Waals surface area contributed by atoms with Crippen molar-refractivity contribution >= 4 is 44.2 Å². The Labute approximate surface area is 180 Å². The van der Waals surface area contributed by atoms with Crippen LogP contribution in [0, 0.1) is 0 Å². The van der Waals surface area contributed by atoms with Gasteiger partial charge in [0.15, 0.2) is 5.13 Å². The Balaban J connectivity index is 1.82. The highest BCUT2D eigenvalue weighted by molar-refractivity contribution is 7.22. The molecule has 0 aliphatic rings. The van der Waals surface area contributed by atoms with E-state index >= 15 is 0 Å². The fourth-order valence-corrected chi connectivity index (χ4v) is 4.06. The lowest BCUT2D eigenvalue weighted by molar-refractivity contribution is -0.137. The number of halogens is 4. The lowest BCUT2D eigenvalue weighted by Gasteiger charge is -2.12. The maximum Gasteiger partial charge on any atom is 0.416 e.